The molecule has 0 unspecified atom stereocenters. The van der Waals surface area contributed by atoms with E-state index in [1.54, 1.807) is 12.1 Å². The molecule has 2 aromatic carbocycles. The second kappa shape index (κ2) is 5.83. The molecule has 2 rings (SSSR count). The number of nitrogens with zero attached hydrogens (tertiary/aromatic N) is 2. The first kappa shape index (κ1) is 13.5. The third-order valence-corrected chi connectivity index (χ3v) is 2.65. The van der Waals surface area contributed by atoms with Gasteiger partial charge in [-0.3, -0.25) is 15.1 Å². The minimum atomic E-state index is -0.540. The van der Waals surface area contributed by atoms with E-state index in [0.717, 1.165) is 0 Å². The lowest BCUT2D eigenvalue weighted by Crippen LogP contribution is -1.90. The summed E-state index contributed by atoms with van der Waals surface area (Å²) in [5, 5.41) is 20.3. The second-order valence-corrected chi connectivity index (χ2v) is 3.93. The minimum Gasteiger partial charge on any atom is -0.506 e. The highest BCUT2D eigenvalue weighted by Crippen LogP contribution is 2.30. The van der Waals surface area contributed by atoms with Crippen molar-refractivity contribution in [1.82, 2.24) is 0 Å². The van der Waals surface area contributed by atoms with Crippen LogP contribution >= 0.6 is 0 Å². The van der Waals surface area contributed by atoms with Gasteiger partial charge in [0.2, 0.25) is 0 Å². The highest BCUT2D eigenvalue weighted by Gasteiger charge is 2.09. The van der Waals surface area contributed by atoms with Crippen molar-refractivity contribution >= 4 is 17.6 Å². The van der Waals surface area contributed by atoms with Crippen molar-refractivity contribution in [2.24, 2.45) is 4.99 Å². The van der Waals surface area contributed by atoms with Gasteiger partial charge in [0.05, 0.1) is 12.0 Å². The molecule has 6 nitrogen and oxygen atoms in total. The van der Waals surface area contributed by atoms with Crippen molar-refractivity contribution in [2.45, 2.75) is 0 Å². The van der Waals surface area contributed by atoms with Gasteiger partial charge < -0.3 is 9.84 Å². The van der Waals surface area contributed by atoms with Gasteiger partial charge in [0.25, 0.3) is 5.69 Å². The highest BCUT2D eigenvalue weighted by atomic mass is 16.6. The monoisotopic (exact) mass is 272 g/mol. The van der Waals surface area contributed by atoms with Crippen molar-refractivity contribution in [3.8, 4) is 11.5 Å². The molecule has 0 radical (unpaired) electrons. The Bertz CT molecular complexity index is 668. The minimum absolute atomic E-state index is 0.123. The Hall–Kier alpha value is -2.89. The van der Waals surface area contributed by atoms with E-state index in [4.69, 9.17) is 4.74 Å². The topological polar surface area (TPSA) is 85.0 Å². The van der Waals surface area contributed by atoms with E-state index >= 15 is 0 Å². The Labute approximate surface area is 115 Å². The maximum atomic E-state index is 10.7. The predicted molar refractivity (Wildman–Crippen MR) is 75.0 cm³/mol. The Morgan fingerprint density at radius 2 is 2.05 bits per heavy atom. The van der Waals surface area contributed by atoms with Gasteiger partial charge in [-0.2, -0.15) is 0 Å². The number of aliphatic imine (C=N–C) groups is 1. The quantitative estimate of drug-likeness (QED) is 0.526. The number of phenolic OH excluding ortho intramolecular Hbond substituents is 1. The average molecular weight is 272 g/mol. The molecule has 0 aliphatic carbocycles. The van der Waals surface area contributed by atoms with Crippen LogP contribution in [-0.4, -0.2) is 23.4 Å². The summed E-state index contributed by atoms with van der Waals surface area (Å²) in [6.07, 6.45) is 1.48. The number of nitro benzene ring substituents is 1. The molecule has 0 aliphatic heterocycles. The van der Waals surface area contributed by atoms with Crippen LogP contribution in [-0.2, 0) is 0 Å². The largest absolute Gasteiger partial charge is 0.506 e. The van der Waals surface area contributed by atoms with Crippen LogP contribution in [0.1, 0.15) is 5.56 Å². The van der Waals surface area contributed by atoms with Gasteiger partial charge in [0.15, 0.2) is 0 Å². The van der Waals surface area contributed by atoms with E-state index in [0.29, 0.717) is 11.3 Å². The van der Waals surface area contributed by atoms with Gasteiger partial charge in [-0.15, -0.1) is 0 Å². The Morgan fingerprint density at radius 1 is 1.30 bits per heavy atom. The molecule has 6 heteroatoms. The standard InChI is InChI=1S/C14H12N2O4/c1-20-14-5-3-2-4-10(14)9-15-12-8-11(16(18)19)6-7-13(12)17/h2-9,17H,1H3. The zero-order valence-electron chi connectivity index (χ0n) is 10.7. The summed E-state index contributed by atoms with van der Waals surface area (Å²) in [4.78, 5) is 14.2. The first-order chi connectivity index (χ1) is 9.61. The van der Waals surface area contributed by atoms with E-state index in [2.05, 4.69) is 4.99 Å². The van der Waals surface area contributed by atoms with Gasteiger partial charge in [-0.25, -0.2) is 0 Å². The number of aromatic hydroxyl groups is 1. The van der Waals surface area contributed by atoms with E-state index in [9.17, 15) is 15.2 Å². The molecule has 0 aromatic heterocycles. The van der Waals surface area contributed by atoms with Crippen LogP contribution in [0.4, 0.5) is 11.4 Å². The normalized spacial score (nSPS) is 10.7. The first-order valence-corrected chi connectivity index (χ1v) is 5.76. The summed E-state index contributed by atoms with van der Waals surface area (Å²) in [7, 11) is 1.54. The number of non-ortho nitro benzene ring substituents is 1. The third kappa shape index (κ3) is 2.92. The van der Waals surface area contributed by atoms with Gasteiger partial charge in [0, 0.05) is 23.9 Å². The second-order valence-electron chi connectivity index (χ2n) is 3.93. The molecule has 102 valence electrons. The van der Waals surface area contributed by atoms with Crippen LogP contribution in [0.5, 0.6) is 11.5 Å². The van der Waals surface area contributed by atoms with Crippen LogP contribution in [0, 0.1) is 10.1 Å². The molecule has 0 fully saturated rings. The summed E-state index contributed by atoms with van der Waals surface area (Å²) >= 11 is 0. The Balaban J connectivity index is 2.36. The molecule has 0 saturated heterocycles. The molecular weight excluding hydrogens is 260 g/mol. The average Bonchev–Trinajstić information content (AvgIpc) is 2.46. The number of ether oxygens (including phenoxy) is 1. The molecule has 0 spiro atoms. The summed E-state index contributed by atoms with van der Waals surface area (Å²) in [6.45, 7) is 0. The summed E-state index contributed by atoms with van der Waals surface area (Å²) in [5.41, 5.74) is 0.709. The van der Waals surface area contributed by atoms with Crippen LogP contribution in [0.25, 0.3) is 0 Å². The maximum Gasteiger partial charge on any atom is 0.271 e. The van der Waals surface area contributed by atoms with Crippen molar-refractivity contribution in [3.05, 3.63) is 58.1 Å². The van der Waals surface area contributed by atoms with E-state index in [1.165, 1.54) is 31.5 Å². The molecule has 0 aliphatic rings. The molecule has 1 N–H and O–H groups in total. The summed E-state index contributed by atoms with van der Waals surface area (Å²) in [6, 6.07) is 10.9. The lowest BCUT2D eigenvalue weighted by atomic mass is 10.2. The fraction of sp³-hybridized carbons (Fsp3) is 0.0714. The molecule has 20 heavy (non-hydrogen) atoms. The summed E-state index contributed by atoms with van der Waals surface area (Å²) < 4.78 is 5.16. The van der Waals surface area contributed by atoms with Crippen molar-refractivity contribution in [1.29, 1.82) is 0 Å². The van der Waals surface area contributed by atoms with Crippen molar-refractivity contribution < 1.29 is 14.8 Å². The number of hydrogen-bond donors (Lipinski definition) is 1. The zero-order valence-corrected chi connectivity index (χ0v) is 10.7. The Morgan fingerprint density at radius 3 is 2.75 bits per heavy atom. The van der Waals surface area contributed by atoms with Gasteiger partial charge >= 0.3 is 0 Å². The van der Waals surface area contributed by atoms with Gasteiger partial charge in [0.1, 0.15) is 17.2 Å². The number of nitro groups is 1. The SMILES string of the molecule is COc1ccccc1C=Nc1cc([N+](=O)[O-])ccc1O. The lowest BCUT2D eigenvalue weighted by Gasteiger charge is -2.03. The van der Waals surface area contributed by atoms with E-state index < -0.39 is 4.92 Å². The maximum absolute atomic E-state index is 10.7. The smallest absolute Gasteiger partial charge is 0.271 e. The van der Waals surface area contributed by atoms with Gasteiger partial charge in [-0.05, 0) is 18.2 Å². The van der Waals surface area contributed by atoms with E-state index in [-0.39, 0.29) is 17.1 Å². The van der Waals surface area contributed by atoms with Gasteiger partial charge in [-0.1, -0.05) is 12.1 Å². The third-order valence-electron chi connectivity index (χ3n) is 2.65. The predicted octanol–water partition coefficient (Wildman–Crippen LogP) is 3.06. The van der Waals surface area contributed by atoms with Crippen molar-refractivity contribution in [3.63, 3.8) is 0 Å². The highest BCUT2D eigenvalue weighted by molar-refractivity contribution is 5.86. The number of rotatable bonds is 4. The molecular formula is C14H12N2O4. The number of phenols is 1. The summed E-state index contributed by atoms with van der Waals surface area (Å²) in [5.74, 6) is 0.503. The Kier molecular flexibility index (Phi) is 3.95. The fourth-order valence-electron chi connectivity index (χ4n) is 1.64. The van der Waals surface area contributed by atoms with Crippen LogP contribution in [0.2, 0.25) is 0 Å². The number of hydrogen-bond acceptors (Lipinski definition) is 5. The number of para-hydroxylation sites is 1. The molecule has 2 aromatic rings. The lowest BCUT2D eigenvalue weighted by molar-refractivity contribution is -0.384. The first-order valence-electron chi connectivity index (χ1n) is 5.76. The fourth-order valence-corrected chi connectivity index (χ4v) is 1.64. The molecule has 0 atom stereocenters. The van der Waals surface area contributed by atoms with Crippen molar-refractivity contribution in [2.75, 3.05) is 7.11 Å². The van der Waals surface area contributed by atoms with Crippen LogP contribution in [0.3, 0.4) is 0 Å². The number of methoxy groups -OCH3 is 1. The molecule has 0 saturated carbocycles. The van der Waals surface area contributed by atoms with E-state index in [1.807, 2.05) is 12.1 Å². The molecule has 0 amide bonds. The molecule has 0 bridgehead atoms. The van der Waals surface area contributed by atoms with Crippen LogP contribution < -0.4 is 4.74 Å². The molecule has 0 heterocycles. The van der Waals surface area contributed by atoms with Crippen LogP contribution in [0.15, 0.2) is 47.5 Å². The zero-order chi connectivity index (χ0) is 14.5. The number of benzene rings is 2.